The van der Waals surface area contributed by atoms with Crippen molar-refractivity contribution in [1.29, 1.82) is 0 Å². The Labute approximate surface area is 89.4 Å². The molecule has 1 aliphatic heterocycles. The Bertz CT molecular complexity index is 390. The van der Waals surface area contributed by atoms with Crippen molar-refractivity contribution in [2.24, 2.45) is 11.3 Å². The van der Waals surface area contributed by atoms with Crippen LogP contribution in [0, 0.1) is 11.3 Å². The molecule has 15 heavy (non-hydrogen) atoms. The number of allylic oxidation sites excluding steroid dienone is 4. The van der Waals surface area contributed by atoms with E-state index in [1.54, 1.807) is 0 Å². The molecule has 2 amide bonds. The van der Waals surface area contributed by atoms with Crippen LogP contribution in [0.3, 0.4) is 0 Å². The van der Waals surface area contributed by atoms with Crippen LogP contribution in [0.1, 0.15) is 27.2 Å². The van der Waals surface area contributed by atoms with E-state index in [0.29, 0.717) is 0 Å². The molecule has 2 rings (SSSR count). The van der Waals surface area contributed by atoms with Crippen molar-refractivity contribution < 1.29 is 9.59 Å². The summed E-state index contributed by atoms with van der Waals surface area (Å²) in [7, 11) is 0. The van der Waals surface area contributed by atoms with Crippen LogP contribution in [0.5, 0.6) is 0 Å². The molecule has 0 bridgehead atoms. The summed E-state index contributed by atoms with van der Waals surface area (Å²) < 4.78 is 0. The molecule has 3 nitrogen and oxygen atoms in total. The van der Waals surface area contributed by atoms with Crippen molar-refractivity contribution in [3.05, 3.63) is 23.9 Å². The number of fused-ring (bicyclic) bond motifs is 1. The van der Waals surface area contributed by atoms with Gasteiger partial charge in [-0.2, -0.15) is 0 Å². The van der Waals surface area contributed by atoms with E-state index in [0.717, 1.165) is 12.1 Å². The highest BCUT2D eigenvalue weighted by molar-refractivity contribution is 6.02. The Morgan fingerprint density at radius 2 is 2.20 bits per heavy atom. The van der Waals surface area contributed by atoms with Gasteiger partial charge in [0.05, 0.1) is 5.41 Å². The summed E-state index contributed by atoms with van der Waals surface area (Å²) in [4.78, 5) is 24.8. The molecular formula is C12H15NO2. The molecule has 0 aromatic heterocycles. The standard InChI is InChI=1S/C12H15NO2/c1-8(14)13-10-7-5-4-6-9(10)12(2,3)11(13)15/h4-5,7,9H,6H2,1-3H3. The zero-order chi connectivity index (χ0) is 11.2. The molecule has 1 aliphatic carbocycles. The highest BCUT2D eigenvalue weighted by Gasteiger charge is 2.51. The third kappa shape index (κ3) is 1.26. The topological polar surface area (TPSA) is 37.4 Å². The molecule has 0 saturated carbocycles. The first-order valence-electron chi connectivity index (χ1n) is 5.18. The molecule has 0 N–H and O–H groups in total. The fourth-order valence-electron chi connectivity index (χ4n) is 2.39. The minimum atomic E-state index is -0.456. The Balaban J connectivity index is 2.50. The first-order valence-corrected chi connectivity index (χ1v) is 5.18. The Kier molecular flexibility index (Phi) is 2.07. The van der Waals surface area contributed by atoms with Crippen LogP contribution in [0.25, 0.3) is 0 Å². The van der Waals surface area contributed by atoms with E-state index in [4.69, 9.17) is 0 Å². The maximum Gasteiger partial charge on any atom is 0.239 e. The van der Waals surface area contributed by atoms with E-state index < -0.39 is 5.41 Å². The molecule has 3 heteroatoms. The summed E-state index contributed by atoms with van der Waals surface area (Å²) in [6, 6.07) is 0. The van der Waals surface area contributed by atoms with Crippen molar-refractivity contribution in [3.8, 4) is 0 Å². The lowest BCUT2D eigenvalue weighted by molar-refractivity contribution is -0.143. The van der Waals surface area contributed by atoms with Gasteiger partial charge in [-0.1, -0.05) is 26.0 Å². The van der Waals surface area contributed by atoms with E-state index in [1.807, 2.05) is 32.1 Å². The van der Waals surface area contributed by atoms with Gasteiger partial charge in [-0.05, 0) is 12.5 Å². The largest absolute Gasteiger partial charge is 0.274 e. The number of carbonyl (C=O) groups excluding carboxylic acids is 2. The van der Waals surface area contributed by atoms with Gasteiger partial charge in [-0.3, -0.25) is 14.5 Å². The molecule has 1 heterocycles. The van der Waals surface area contributed by atoms with Crippen molar-refractivity contribution in [3.63, 3.8) is 0 Å². The average Bonchev–Trinajstić information content (AvgIpc) is 2.36. The third-order valence-corrected chi connectivity index (χ3v) is 3.33. The zero-order valence-electron chi connectivity index (χ0n) is 9.28. The second-order valence-corrected chi connectivity index (χ2v) is 4.69. The second-order valence-electron chi connectivity index (χ2n) is 4.69. The third-order valence-electron chi connectivity index (χ3n) is 3.33. The number of nitrogens with zero attached hydrogens (tertiary/aromatic N) is 1. The quantitative estimate of drug-likeness (QED) is 0.605. The first-order chi connectivity index (χ1) is 6.96. The fraction of sp³-hybridized carbons (Fsp3) is 0.500. The van der Waals surface area contributed by atoms with Crippen LogP contribution in [0.15, 0.2) is 23.9 Å². The number of hydrogen-bond acceptors (Lipinski definition) is 2. The SMILES string of the molecule is CC(=O)N1C(=O)C(C)(C)C2CC=CC=C21. The van der Waals surface area contributed by atoms with Crippen molar-refractivity contribution in [1.82, 2.24) is 4.90 Å². The molecule has 0 radical (unpaired) electrons. The Hall–Kier alpha value is -1.38. The predicted molar refractivity (Wildman–Crippen MR) is 56.6 cm³/mol. The maximum absolute atomic E-state index is 12.1. The maximum atomic E-state index is 12.1. The normalized spacial score (nSPS) is 27.7. The summed E-state index contributed by atoms with van der Waals surface area (Å²) in [5, 5.41) is 0. The minimum Gasteiger partial charge on any atom is -0.274 e. The van der Waals surface area contributed by atoms with Gasteiger partial charge in [0.1, 0.15) is 0 Å². The van der Waals surface area contributed by atoms with Crippen molar-refractivity contribution >= 4 is 11.8 Å². The Morgan fingerprint density at radius 3 is 2.80 bits per heavy atom. The summed E-state index contributed by atoms with van der Waals surface area (Å²) >= 11 is 0. The van der Waals surface area contributed by atoms with Gasteiger partial charge in [-0.15, -0.1) is 0 Å². The summed E-state index contributed by atoms with van der Waals surface area (Å²) in [5.74, 6) is -0.106. The van der Waals surface area contributed by atoms with Gasteiger partial charge in [0.2, 0.25) is 11.8 Å². The molecule has 1 atom stereocenters. The number of carbonyl (C=O) groups is 2. The van der Waals surface area contributed by atoms with Gasteiger partial charge in [0, 0.05) is 18.5 Å². The lowest BCUT2D eigenvalue weighted by Crippen LogP contribution is -2.34. The van der Waals surface area contributed by atoms with Crippen molar-refractivity contribution in [2.45, 2.75) is 27.2 Å². The second kappa shape index (κ2) is 3.05. The molecule has 80 valence electrons. The molecule has 0 aromatic rings. The van der Waals surface area contributed by atoms with E-state index >= 15 is 0 Å². The number of amides is 2. The fourth-order valence-corrected chi connectivity index (χ4v) is 2.39. The number of rotatable bonds is 0. The zero-order valence-corrected chi connectivity index (χ0v) is 9.28. The van der Waals surface area contributed by atoms with Gasteiger partial charge in [-0.25, -0.2) is 0 Å². The van der Waals surface area contributed by atoms with Crippen LogP contribution >= 0.6 is 0 Å². The molecule has 1 fully saturated rings. The van der Waals surface area contributed by atoms with Crippen LogP contribution in [-0.2, 0) is 9.59 Å². The van der Waals surface area contributed by atoms with Crippen LogP contribution < -0.4 is 0 Å². The molecule has 1 unspecified atom stereocenters. The number of hydrogen-bond donors (Lipinski definition) is 0. The molecule has 2 aliphatic rings. The summed E-state index contributed by atoms with van der Waals surface area (Å²) in [6.45, 7) is 5.27. The van der Waals surface area contributed by atoms with Gasteiger partial charge >= 0.3 is 0 Å². The van der Waals surface area contributed by atoms with Crippen LogP contribution in [0.2, 0.25) is 0 Å². The molecule has 0 aromatic carbocycles. The molecular weight excluding hydrogens is 190 g/mol. The lowest BCUT2D eigenvalue weighted by Gasteiger charge is -2.23. The average molecular weight is 205 g/mol. The first kappa shape index (κ1) is 10.1. The summed E-state index contributed by atoms with van der Waals surface area (Å²) in [5.41, 5.74) is 0.405. The van der Waals surface area contributed by atoms with Crippen LogP contribution in [-0.4, -0.2) is 16.7 Å². The number of likely N-dealkylation sites (tertiary alicyclic amines) is 1. The van der Waals surface area contributed by atoms with Gasteiger partial charge in [0.15, 0.2) is 0 Å². The Morgan fingerprint density at radius 1 is 1.53 bits per heavy atom. The highest BCUT2D eigenvalue weighted by atomic mass is 16.2. The van der Waals surface area contributed by atoms with Crippen molar-refractivity contribution in [2.75, 3.05) is 0 Å². The van der Waals surface area contributed by atoms with E-state index in [9.17, 15) is 9.59 Å². The smallest absolute Gasteiger partial charge is 0.239 e. The highest BCUT2D eigenvalue weighted by Crippen LogP contribution is 2.46. The predicted octanol–water partition coefficient (Wildman–Crippen LogP) is 1.86. The number of imide groups is 1. The van der Waals surface area contributed by atoms with Gasteiger partial charge < -0.3 is 0 Å². The molecule has 0 spiro atoms. The molecule has 1 saturated heterocycles. The van der Waals surface area contributed by atoms with E-state index in [1.165, 1.54) is 11.8 Å². The van der Waals surface area contributed by atoms with E-state index in [-0.39, 0.29) is 17.7 Å². The monoisotopic (exact) mass is 205 g/mol. The van der Waals surface area contributed by atoms with Gasteiger partial charge in [0.25, 0.3) is 0 Å². The minimum absolute atomic E-state index is 0.0741. The van der Waals surface area contributed by atoms with E-state index in [2.05, 4.69) is 0 Å². The van der Waals surface area contributed by atoms with Crippen LogP contribution in [0.4, 0.5) is 0 Å². The summed E-state index contributed by atoms with van der Waals surface area (Å²) in [6.07, 6.45) is 6.68. The lowest BCUT2D eigenvalue weighted by atomic mass is 9.77.